The highest BCUT2D eigenvalue weighted by atomic mass is 16.7. The Morgan fingerprint density at radius 3 is 2.40 bits per heavy atom. The van der Waals surface area contributed by atoms with Crippen molar-refractivity contribution in [2.45, 2.75) is 56.9 Å². The molecule has 0 aromatic heterocycles. The maximum atomic E-state index is 12.7. The summed E-state index contributed by atoms with van der Waals surface area (Å²) in [4.78, 5) is 37.9. The number of hydrogen-bond acceptors (Lipinski definition) is 9. The third kappa shape index (κ3) is 8.20. The Kier molecular flexibility index (Phi) is 11.4. The normalized spacial score (nSPS) is 24.5. The summed E-state index contributed by atoms with van der Waals surface area (Å²) in [5.74, 6) is -1.79. The van der Waals surface area contributed by atoms with Gasteiger partial charge in [-0.15, -0.1) is 13.2 Å². The molecule has 1 aliphatic rings. The van der Waals surface area contributed by atoms with Gasteiger partial charge >= 0.3 is 18.0 Å². The van der Waals surface area contributed by atoms with Gasteiger partial charge in [-0.05, 0) is 25.0 Å². The van der Waals surface area contributed by atoms with Crippen LogP contribution in [0.4, 0.5) is 10.5 Å². The molecular weight excluding hydrogens is 458 g/mol. The van der Waals surface area contributed by atoms with Crippen molar-refractivity contribution < 1.29 is 43.2 Å². The van der Waals surface area contributed by atoms with Crippen molar-refractivity contribution >= 4 is 23.7 Å². The minimum Gasteiger partial charge on any atom is -0.454 e. The number of aliphatic hydroxyl groups excluding tert-OH is 1. The van der Waals surface area contributed by atoms with E-state index in [-0.39, 0.29) is 6.42 Å². The van der Waals surface area contributed by atoms with E-state index in [4.69, 9.17) is 23.7 Å². The summed E-state index contributed by atoms with van der Waals surface area (Å²) in [5, 5.41) is 12.5. The third-order valence-electron chi connectivity index (χ3n) is 5.26. The number of ether oxygens (including phenoxy) is 5. The van der Waals surface area contributed by atoms with Gasteiger partial charge in [-0.25, -0.2) is 4.79 Å². The summed E-state index contributed by atoms with van der Waals surface area (Å²) in [6.07, 6.45) is -3.27. The lowest BCUT2D eigenvalue weighted by molar-refractivity contribution is -0.300. The fraction of sp³-hybridized carbons (Fsp3) is 0.480. The zero-order chi connectivity index (χ0) is 25.8. The van der Waals surface area contributed by atoms with E-state index in [1.165, 1.54) is 7.11 Å². The quantitative estimate of drug-likeness (QED) is 0.257. The molecule has 192 valence electrons. The topological polar surface area (TPSA) is 130 Å². The highest BCUT2D eigenvalue weighted by Crippen LogP contribution is 2.30. The van der Waals surface area contributed by atoms with Crippen LogP contribution in [0.25, 0.3) is 0 Å². The van der Waals surface area contributed by atoms with Gasteiger partial charge in [-0.2, -0.15) is 0 Å². The van der Waals surface area contributed by atoms with Crippen molar-refractivity contribution in [3.8, 4) is 0 Å². The number of nitrogens with one attached hydrogen (secondary N) is 1. The molecule has 0 spiro atoms. The summed E-state index contributed by atoms with van der Waals surface area (Å²) in [6.45, 7) is 8.26. The van der Waals surface area contributed by atoms with Gasteiger partial charge in [-0.3, -0.25) is 14.9 Å². The van der Waals surface area contributed by atoms with Crippen molar-refractivity contribution in [1.82, 2.24) is 0 Å². The molecule has 1 aromatic rings. The maximum absolute atomic E-state index is 12.7. The number of aliphatic hydroxyl groups is 1. The second-order valence-corrected chi connectivity index (χ2v) is 7.93. The van der Waals surface area contributed by atoms with Gasteiger partial charge in [0.15, 0.2) is 24.6 Å². The number of methoxy groups -OCH3 is 1. The van der Waals surface area contributed by atoms with Gasteiger partial charge in [0.05, 0.1) is 12.5 Å². The average Bonchev–Trinajstić information content (AvgIpc) is 2.85. The maximum Gasteiger partial charge on any atom is 0.412 e. The summed E-state index contributed by atoms with van der Waals surface area (Å²) >= 11 is 0. The fourth-order valence-electron chi connectivity index (χ4n) is 3.44. The number of carbonyl (C=O) groups is 3. The summed E-state index contributed by atoms with van der Waals surface area (Å²) in [5.41, 5.74) is 0.463. The predicted molar refractivity (Wildman–Crippen MR) is 126 cm³/mol. The van der Waals surface area contributed by atoms with Gasteiger partial charge in [0.2, 0.25) is 0 Å². The molecule has 0 saturated carbocycles. The molecule has 10 nitrogen and oxygen atoms in total. The molecule has 2 rings (SSSR count). The Morgan fingerprint density at radius 2 is 1.80 bits per heavy atom. The molecule has 1 amide bonds. The SMILES string of the molecule is C=CCCC(=O)O[C@@H]1[C@@H](OC(=O)[C@@H](C)CC=C)[C@@H](OC)O[C@H](CO)[C@H]1OC(=O)Nc1ccccc1. The largest absolute Gasteiger partial charge is 0.454 e. The van der Waals surface area contributed by atoms with Crippen molar-refractivity contribution in [1.29, 1.82) is 0 Å². The van der Waals surface area contributed by atoms with E-state index in [9.17, 15) is 19.5 Å². The Morgan fingerprint density at radius 1 is 1.09 bits per heavy atom. The molecular formula is C25H33NO9. The van der Waals surface area contributed by atoms with E-state index < -0.39 is 61.3 Å². The molecule has 1 aliphatic heterocycles. The lowest BCUT2D eigenvalue weighted by Crippen LogP contribution is -2.63. The standard InChI is InChI=1S/C25H33NO9/c1-5-7-14-19(28)33-21-20(35-25(30)26-17-12-9-8-10-13-17)18(15-27)32-24(31-4)22(21)34-23(29)16(3)11-6-2/h5-6,8-10,12-13,16,18,20-22,24,27H,1-2,7,11,14-15H2,3-4H3,(H,26,30)/t16-,18+,20+,21-,22+,24-/m0/s1. The van der Waals surface area contributed by atoms with Crippen LogP contribution < -0.4 is 5.32 Å². The van der Waals surface area contributed by atoms with Crippen molar-refractivity contribution in [2.75, 3.05) is 19.0 Å². The Balaban J connectivity index is 2.33. The van der Waals surface area contributed by atoms with Crippen LogP contribution in [-0.4, -0.2) is 67.6 Å². The van der Waals surface area contributed by atoms with Crippen molar-refractivity contribution in [2.24, 2.45) is 5.92 Å². The molecule has 2 N–H and O–H groups in total. The van der Waals surface area contributed by atoms with E-state index in [0.29, 0.717) is 18.5 Å². The summed E-state index contributed by atoms with van der Waals surface area (Å²) in [7, 11) is 1.31. The molecule has 0 aliphatic carbocycles. The molecule has 1 saturated heterocycles. The molecule has 1 fully saturated rings. The van der Waals surface area contributed by atoms with Crippen molar-refractivity contribution in [3.63, 3.8) is 0 Å². The number of amides is 1. The zero-order valence-electron chi connectivity index (χ0n) is 20.0. The van der Waals surface area contributed by atoms with Crippen LogP contribution in [0.3, 0.4) is 0 Å². The van der Waals surface area contributed by atoms with Crippen LogP contribution in [0.1, 0.15) is 26.2 Å². The molecule has 0 radical (unpaired) electrons. The number of rotatable bonds is 12. The smallest absolute Gasteiger partial charge is 0.412 e. The van der Waals surface area contributed by atoms with Gasteiger partial charge in [0.1, 0.15) is 6.10 Å². The Hall–Kier alpha value is -3.21. The Bertz CT molecular complexity index is 860. The van der Waals surface area contributed by atoms with Crippen LogP contribution in [0.15, 0.2) is 55.6 Å². The fourth-order valence-corrected chi connectivity index (χ4v) is 3.44. The highest BCUT2D eigenvalue weighted by molar-refractivity contribution is 5.84. The van der Waals surface area contributed by atoms with Crippen LogP contribution in [0.2, 0.25) is 0 Å². The molecule has 0 unspecified atom stereocenters. The number of carbonyl (C=O) groups excluding carboxylic acids is 3. The molecule has 1 aromatic carbocycles. The first kappa shape index (κ1) is 28.0. The first-order valence-electron chi connectivity index (χ1n) is 11.3. The van der Waals surface area contributed by atoms with Crippen LogP contribution >= 0.6 is 0 Å². The first-order chi connectivity index (χ1) is 16.8. The van der Waals surface area contributed by atoms with Gasteiger partial charge < -0.3 is 28.8 Å². The molecule has 10 heteroatoms. The molecule has 0 bridgehead atoms. The van der Waals surface area contributed by atoms with Gasteiger partial charge in [0, 0.05) is 19.2 Å². The number of allylic oxidation sites excluding steroid dienone is 2. The van der Waals surface area contributed by atoms with Crippen molar-refractivity contribution in [3.05, 3.63) is 55.6 Å². The number of hydrogen-bond donors (Lipinski definition) is 2. The lowest BCUT2D eigenvalue weighted by atomic mass is 9.98. The van der Waals surface area contributed by atoms with Crippen LogP contribution in [-0.2, 0) is 33.3 Å². The number of esters is 2. The second kappa shape index (κ2) is 14.2. The molecule has 6 atom stereocenters. The number of para-hydroxylation sites is 1. The van der Waals surface area contributed by atoms with Gasteiger partial charge in [0.25, 0.3) is 0 Å². The van der Waals surface area contributed by atoms with Gasteiger partial charge in [-0.1, -0.05) is 37.3 Å². The highest BCUT2D eigenvalue weighted by Gasteiger charge is 2.52. The van der Waals surface area contributed by atoms with E-state index >= 15 is 0 Å². The Labute approximate surface area is 204 Å². The van der Waals surface area contributed by atoms with Crippen LogP contribution in [0, 0.1) is 5.92 Å². The number of anilines is 1. The first-order valence-corrected chi connectivity index (χ1v) is 11.3. The summed E-state index contributed by atoms with van der Waals surface area (Å²) in [6, 6.07) is 8.54. The molecule has 35 heavy (non-hydrogen) atoms. The number of benzene rings is 1. The minimum absolute atomic E-state index is 0.00123. The molecule has 1 heterocycles. The monoisotopic (exact) mass is 491 g/mol. The third-order valence-corrected chi connectivity index (χ3v) is 5.26. The second-order valence-electron chi connectivity index (χ2n) is 7.93. The van der Waals surface area contributed by atoms with E-state index in [1.54, 1.807) is 49.4 Å². The average molecular weight is 492 g/mol. The predicted octanol–water partition coefficient (Wildman–Crippen LogP) is 2.97. The lowest BCUT2D eigenvalue weighted by Gasteiger charge is -2.43. The van der Waals surface area contributed by atoms with E-state index in [0.717, 1.165) is 0 Å². The zero-order valence-corrected chi connectivity index (χ0v) is 20.0. The summed E-state index contributed by atoms with van der Waals surface area (Å²) < 4.78 is 27.8. The van der Waals surface area contributed by atoms with Crippen LogP contribution in [0.5, 0.6) is 0 Å². The van der Waals surface area contributed by atoms with E-state index in [2.05, 4.69) is 18.5 Å². The van der Waals surface area contributed by atoms with E-state index in [1.807, 2.05) is 0 Å². The minimum atomic E-state index is -1.32.